The maximum absolute atomic E-state index is 12.2. The normalized spacial score (nSPS) is 18.4. The second-order valence-corrected chi connectivity index (χ2v) is 8.67. The second-order valence-electron chi connectivity index (χ2n) is 4.86. The molecular weight excluding hydrogens is 339 g/mol. The first-order valence-electron chi connectivity index (χ1n) is 6.24. The van der Waals surface area contributed by atoms with Gasteiger partial charge in [-0.15, -0.1) is 0 Å². The summed E-state index contributed by atoms with van der Waals surface area (Å²) in [5.41, 5.74) is 0. The molecule has 1 aromatic rings. The van der Waals surface area contributed by atoms with Gasteiger partial charge in [-0.25, -0.2) is 18.1 Å². The van der Waals surface area contributed by atoms with E-state index in [4.69, 9.17) is 23.2 Å². The molecule has 0 atom stereocenters. The van der Waals surface area contributed by atoms with Gasteiger partial charge >= 0.3 is 0 Å². The van der Waals surface area contributed by atoms with E-state index in [2.05, 4.69) is 9.71 Å². The smallest absolute Gasteiger partial charge is 0.242 e. The van der Waals surface area contributed by atoms with Crippen molar-refractivity contribution in [3.05, 3.63) is 22.4 Å². The molecule has 1 aliphatic rings. The van der Waals surface area contributed by atoms with Crippen LogP contribution in [0.15, 0.2) is 17.2 Å². The molecule has 1 saturated carbocycles. The van der Waals surface area contributed by atoms with E-state index in [0.29, 0.717) is 6.54 Å². The molecule has 1 N–H and O–H groups in total. The number of nitrogens with zero attached hydrogens (tertiary/aromatic N) is 1. The zero-order chi connectivity index (χ0) is 14.8. The molecule has 0 unspecified atom stereocenters. The second kappa shape index (κ2) is 6.40. The zero-order valence-corrected chi connectivity index (χ0v) is 14.2. The standard InChI is InChI=1S/C12H16Cl2N2O2S2/c1-19-12(4-2-3-5-12)8-16-20(17,18)9-6-10(13)11(14)15-7-9/h6-7,16H,2-5,8H2,1H3. The van der Waals surface area contributed by atoms with E-state index in [9.17, 15) is 8.42 Å². The SMILES string of the molecule is CSC1(CNS(=O)(=O)c2cnc(Cl)c(Cl)c2)CCCC1. The number of sulfonamides is 1. The molecule has 112 valence electrons. The molecule has 1 fully saturated rings. The highest BCUT2D eigenvalue weighted by molar-refractivity contribution is 8.00. The van der Waals surface area contributed by atoms with Gasteiger partial charge in [0, 0.05) is 17.5 Å². The lowest BCUT2D eigenvalue weighted by molar-refractivity contribution is 0.551. The molecular formula is C12H16Cl2N2O2S2. The van der Waals surface area contributed by atoms with Crippen molar-refractivity contribution in [2.45, 2.75) is 35.3 Å². The maximum Gasteiger partial charge on any atom is 0.242 e. The van der Waals surface area contributed by atoms with Crippen LogP contribution in [0.5, 0.6) is 0 Å². The number of aromatic nitrogens is 1. The fourth-order valence-electron chi connectivity index (χ4n) is 2.33. The van der Waals surface area contributed by atoms with Crippen molar-refractivity contribution in [1.29, 1.82) is 0 Å². The van der Waals surface area contributed by atoms with E-state index >= 15 is 0 Å². The first-order chi connectivity index (χ1) is 9.38. The monoisotopic (exact) mass is 354 g/mol. The Morgan fingerprint density at radius 1 is 1.40 bits per heavy atom. The molecule has 8 heteroatoms. The minimum absolute atomic E-state index is 0.0106. The largest absolute Gasteiger partial charge is 0.242 e. The number of halogens is 2. The molecule has 1 aromatic heterocycles. The van der Waals surface area contributed by atoms with Gasteiger partial charge in [-0.05, 0) is 25.2 Å². The van der Waals surface area contributed by atoms with E-state index < -0.39 is 10.0 Å². The van der Waals surface area contributed by atoms with Crippen molar-refractivity contribution < 1.29 is 8.42 Å². The Bertz CT molecular complexity index is 587. The van der Waals surface area contributed by atoms with Gasteiger partial charge in [-0.3, -0.25) is 0 Å². The summed E-state index contributed by atoms with van der Waals surface area (Å²) in [4.78, 5) is 3.81. The van der Waals surface area contributed by atoms with Crippen LogP contribution in [0.3, 0.4) is 0 Å². The molecule has 0 spiro atoms. The summed E-state index contributed by atoms with van der Waals surface area (Å²) in [6, 6.07) is 1.32. The number of hydrogen-bond acceptors (Lipinski definition) is 4. The Hall–Kier alpha value is -0.0100. The Balaban J connectivity index is 2.13. The number of thioether (sulfide) groups is 1. The summed E-state index contributed by atoms with van der Waals surface area (Å²) in [6.07, 6.45) is 7.62. The van der Waals surface area contributed by atoms with Gasteiger partial charge < -0.3 is 0 Å². The predicted molar refractivity (Wildman–Crippen MR) is 84.2 cm³/mol. The molecule has 0 amide bonds. The van der Waals surface area contributed by atoms with Gasteiger partial charge in [-0.2, -0.15) is 11.8 Å². The van der Waals surface area contributed by atoms with Crippen molar-refractivity contribution in [3.63, 3.8) is 0 Å². The van der Waals surface area contributed by atoms with Crippen LogP contribution in [-0.2, 0) is 10.0 Å². The lowest BCUT2D eigenvalue weighted by Gasteiger charge is -2.26. The average molecular weight is 355 g/mol. The number of pyridine rings is 1. The average Bonchev–Trinajstić information content (AvgIpc) is 2.89. The highest BCUT2D eigenvalue weighted by atomic mass is 35.5. The minimum Gasteiger partial charge on any atom is -0.242 e. The van der Waals surface area contributed by atoms with Crippen LogP contribution in [0.25, 0.3) is 0 Å². The van der Waals surface area contributed by atoms with Gasteiger partial charge in [0.15, 0.2) is 0 Å². The highest BCUT2D eigenvalue weighted by Crippen LogP contribution is 2.39. The van der Waals surface area contributed by atoms with E-state index in [1.165, 1.54) is 12.3 Å². The molecule has 2 rings (SSSR count). The summed E-state index contributed by atoms with van der Waals surface area (Å²) in [7, 11) is -3.60. The van der Waals surface area contributed by atoms with Crippen LogP contribution in [0, 0.1) is 0 Å². The lowest BCUT2D eigenvalue weighted by Crippen LogP contribution is -2.38. The molecule has 0 radical (unpaired) electrons. The third kappa shape index (κ3) is 3.60. The summed E-state index contributed by atoms with van der Waals surface area (Å²) in [6.45, 7) is 0.427. The van der Waals surface area contributed by atoms with Gasteiger partial charge in [0.05, 0.1) is 5.02 Å². The third-order valence-corrected chi connectivity index (χ3v) is 7.09. The van der Waals surface area contributed by atoms with Crippen LogP contribution >= 0.6 is 35.0 Å². The van der Waals surface area contributed by atoms with Gasteiger partial charge in [-0.1, -0.05) is 36.0 Å². The number of hydrogen-bond donors (Lipinski definition) is 1. The van der Waals surface area contributed by atoms with Crippen LogP contribution in [-0.4, -0.2) is 30.9 Å². The molecule has 0 aliphatic heterocycles. The van der Waals surface area contributed by atoms with Crippen molar-refractivity contribution in [3.8, 4) is 0 Å². The fraction of sp³-hybridized carbons (Fsp3) is 0.583. The number of rotatable bonds is 5. The molecule has 20 heavy (non-hydrogen) atoms. The Labute approximate surface area is 133 Å². The highest BCUT2D eigenvalue weighted by Gasteiger charge is 2.34. The van der Waals surface area contributed by atoms with Gasteiger partial charge in [0.2, 0.25) is 10.0 Å². The van der Waals surface area contributed by atoms with Crippen molar-refractivity contribution >= 4 is 45.0 Å². The van der Waals surface area contributed by atoms with Gasteiger partial charge in [0.1, 0.15) is 10.0 Å². The van der Waals surface area contributed by atoms with Crippen LogP contribution in [0.1, 0.15) is 25.7 Å². The quantitative estimate of drug-likeness (QED) is 0.823. The summed E-state index contributed by atoms with van der Waals surface area (Å²) in [5.74, 6) is 0. The van der Waals surface area contributed by atoms with Crippen LogP contribution in [0.4, 0.5) is 0 Å². The third-order valence-electron chi connectivity index (χ3n) is 3.61. The molecule has 1 heterocycles. The van der Waals surface area contributed by atoms with Crippen molar-refractivity contribution in [2.75, 3.05) is 12.8 Å². The van der Waals surface area contributed by atoms with E-state index in [0.717, 1.165) is 25.7 Å². The molecule has 1 aliphatic carbocycles. The van der Waals surface area contributed by atoms with E-state index in [-0.39, 0.29) is 19.8 Å². The Morgan fingerprint density at radius 3 is 2.60 bits per heavy atom. The molecule has 0 aromatic carbocycles. The summed E-state index contributed by atoms with van der Waals surface area (Å²) < 4.78 is 27.2. The zero-order valence-electron chi connectivity index (χ0n) is 11.0. The fourth-order valence-corrected chi connectivity index (χ4v) is 4.77. The maximum atomic E-state index is 12.2. The van der Waals surface area contributed by atoms with E-state index in [1.54, 1.807) is 11.8 Å². The lowest BCUT2D eigenvalue weighted by atomic mass is 10.1. The topological polar surface area (TPSA) is 59.1 Å². The predicted octanol–water partition coefficient (Wildman–Crippen LogP) is 3.34. The van der Waals surface area contributed by atoms with E-state index in [1.807, 2.05) is 6.26 Å². The molecule has 4 nitrogen and oxygen atoms in total. The summed E-state index contributed by atoms with van der Waals surface area (Å²) >= 11 is 13.2. The van der Waals surface area contributed by atoms with Crippen molar-refractivity contribution in [1.82, 2.24) is 9.71 Å². The van der Waals surface area contributed by atoms with Crippen molar-refractivity contribution in [2.24, 2.45) is 0 Å². The Morgan fingerprint density at radius 2 is 2.05 bits per heavy atom. The first-order valence-corrected chi connectivity index (χ1v) is 9.71. The van der Waals surface area contributed by atoms with Crippen LogP contribution < -0.4 is 4.72 Å². The van der Waals surface area contributed by atoms with Crippen LogP contribution in [0.2, 0.25) is 10.2 Å². The molecule has 0 bridgehead atoms. The van der Waals surface area contributed by atoms with Gasteiger partial charge in [0.25, 0.3) is 0 Å². The number of nitrogens with one attached hydrogen (secondary N) is 1. The minimum atomic E-state index is -3.60. The Kier molecular flexibility index (Phi) is 5.24. The first kappa shape index (κ1) is 16.4. The summed E-state index contributed by atoms with van der Waals surface area (Å²) in [5, 5.41) is 0.233. The molecule has 0 saturated heterocycles.